The van der Waals surface area contributed by atoms with Gasteiger partial charge in [0.05, 0.1) is 0 Å². The minimum absolute atomic E-state index is 0.715. The number of hydrogen-bond acceptors (Lipinski definition) is 3. The molecule has 100 valence electrons. The normalized spacial score (nSPS) is 24.4. The molecule has 2 atom stereocenters. The van der Waals surface area contributed by atoms with Gasteiger partial charge in [0.15, 0.2) is 0 Å². The van der Waals surface area contributed by atoms with Gasteiger partial charge in [-0.2, -0.15) is 0 Å². The molecule has 0 amide bonds. The van der Waals surface area contributed by atoms with E-state index in [0.29, 0.717) is 6.04 Å². The highest BCUT2D eigenvalue weighted by molar-refractivity contribution is 5.09. The van der Waals surface area contributed by atoms with E-state index in [2.05, 4.69) is 41.4 Å². The van der Waals surface area contributed by atoms with Crippen LogP contribution in [0.15, 0.2) is 24.5 Å². The average molecular weight is 247 g/mol. The number of rotatable bonds is 5. The molecule has 0 bridgehead atoms. The van der Waals surface area contributed by atoms with Gasteiger partial charge in [0, 0.05) is 31.0 Å². The number of nitrogens with one attached hydrogen (secondary N) is 1. The monoisotopic (exact) mass is 247 g/mol. The van der Waals surface area contributed by atoms with Crippen LogP contribution in [0.3, 0.4) is 0 Å². The summed E-state index contributed by atoms with van der Waals surface area (Å²) in [5.41, 5.74) is 1.39. The molecule has 1 heterocycles. The van der Waals surface area contributed by atoms with Gasteiger partial charge in [-0.3, -0.25) is 4.98 Å². The van der Waals surface area contributed by atoms with Crippen molar-refractivity contribution >= 4 is 0 Å². The van der Waals surface area contributed by atoms with E-state index in [1.165, 1.54) is 31.2 Å². The van der Waals surface area contributed by atoms with Gasteiger partial charge in [-0.25, -0.2) is 0 Å². The van der Waals surface area contributed by atoms with E-state index in [-0.39, 0.29) is 0 Å². The lowest BCUT2D eigenvalue weighted by Crippen LogP contribution is -2.42. The first-order valence-corrected chi connectivity index (χ1v) is 7.06. The lowest BCUT2D eigenvalue weighted by atomic mass is 9.90. The summed E-state index contributed by atoms with van der Waals surface area (Å²) < 4.78 is 0. The Morgan fingerprint density at radius 2 is 2.11 bits per heavy atom. The topological polar surface area (TPSA) is 28.2 Å². The molecule has 1 aliphatic carbocycles. The van der Waals surface area contributed by atoms with Gasteiger partial charge < -0.3 is 10.2 Å². The third-order valence-corrected chi connectivity index (χ3v) is 4.18. The van der Waals surface area contributed by atoms with Crippen LogP contribution in [0.1, 0.15) is 31.2 Å². The second-order valence-electron chi connectivity index (χ2n) is 5.39. The van der Waals surface area contributed by atoms with Crippen LogP contribution in [0.25, 0.3) is 0 Å². The molecule has 1 aliphatic rings. The molecular formula is C15H25N3. The van der Waals surface area contributed by atoms with Crippen molar-refractivity contribution in [1.82, 2.24) is 15.2 Å². The lowest BCUT2D eigenvalue weighted by Gasteiger charge is -2.35. The molecule has 3 nitrogen and oxygen atoms in total. The van der Waals surface area contributed by atoms with Crippen LogP contribution in [0, 0.1) is 0 Å². The molecule has 1 saturated carbocycles. The molecule has 0 saturated heterocycles. The Morgan fingerprint density at radius 1 is 1.33 bits per heavy atom. The van der Waals surface area contributed by atoms with Gasteiger partial charge in [-0.1, -0.05) is 6.42 Å². The highest BCUT2D eigenvalue weighted by Crippen LogP contribution is 2.22. The molecule has 2 rings (SSSR count). The fourth-order valence-corrected chi connectivity index (χ4v) is 2.86. The number of likely N-dealkylation sites (N-methyl/N-ethyl adjacent to an activating group) is 1. The van der Waals surface area contributed by atoms with Gasteiger partial charge in [0.25, 0.3) is 0 Å². The minimum Gasteiger partial charge on any atom is -0.317 e. The van der Waals surface area contributed by atoms with Crippen LogP contribution >= 0.6 is 0 Å². The summed E-state index contributed by atoms with van der Waals surface area (Å²) in [7, 11) is 4.36. The SMILES string of the molecule is CNC1CCCC(N(C)CCc2ccncc2)C1. The summed E-state index contributed by atoms with van der Waals surface area (Å²) in [6.07, 6.45) is 10.2. The van der Waals surface area contributed by atoms with Crippen LogP contribution < -0.4 is 5.32 Å². The summed E-state index contributed by atoms with van der Waals surface area (Å²) in [6.45, 7) is 1.14. The lowest BCUT2D eigenvalue weighted by molar-refractivity contribution is 0.173. The summed E-state index contributed by atoms with van der Waals surface area (Å²) in [5.74, 6) is 0. The van der Waals surface area contributed by atoms with Crippen molar-refractivity contribution in [3.63, 3.8) is 0 Å². The van der Waals surface area contributed by atoms with Crippen molar-refractivity contribution in [2.75, 3.05) is 20.6 Å². The first-order valence-electron chi connectivity index (χ1n) is 7.06. The predicted octanol–water partition coefficient (Wildman–Crippen LogP) is 2.09. The van der Waals surface area contributed by atoms with E-state index in [9.17, 15) is 0 Å². The maximum atomic E-state index is 4.06. The van der Waals surface area contributed by atoms with Gasteiger partial charge >= 0.3 is 0 Å². The zero-order valence-electron chi connectivity index (χ0n) is 11.6. The highest BCUT2D eigenvalue weighted by atomic mass is 15.1. The molecule has 1 aromatic rings. The zero-order valence-corrected chi connectivity index (χ0v) is 11.6. The Kier molecular flexibility index (Phi) is 5.14. The van der Waals surface area contributed by atoms with Crippen LogP contribution in [-0.4, -0.2) is 42.6 Å². The van der Waals surface area contributed by atoms with Gasteiger partial charge in [-0.15, -0.1) is 0 Å². The Bertz CT molecular complexity index is 339. The molecule has 1 aromatic heterocycles. The Morgan fingerprint density at radius 3 is 2.83 bits per heavy atom. The molecule has 1 N–H and O–H groups in total. The molecule has 0 spiro atoms. The highest BCUT2D eigenvalue weighted by Gasteiger charge is 2.23. The fourth-order valence-electron chi connectivity index (χ4n) is 2.86. The van der Waals surface area contributed by atoms with E-state index >= 15 is 0 Å². The number of nitrogens with zero attached hydrogens (tertiary/aromatic N) is 2. The molecule has 1 fully saturated rings. The van der Waals surface area contributed by atoms with E-state index < -0.39 is 0 Å². The van der Waals surface area contributed by atoms with Crippen molar-refractivity contribution in [1.29, 1.82) is 0 Å². The number of pyridine rings is 1. The third kappa shape index (κ3) is 3.79. The molecule has 2 unspecified atom stereocenters. The number of hydrogen-bond donors (Lipinski definition) is 1. The Balaban J connectivity index is 1.79. The summed E-state index contributed by atoms with van der Waals surface area (Å²) >= 11 is 0. The Hall–Kier alpha value is -0.930. The van der Waals surface area contributed by atoms with Gasteiger partial charge in [0.2, 0.25) is 0 Å². The number of aromatic nitrogens is 1. The zero-order chi connectivity index (χ0) is 12.8. The smallest absolute Gasteiger partial charge is 0.0270 e. The molecule has 0 radical (unpaired) electrons. The largest absolute Gasteiger partial charge is 0.317 e. The van der Waals surface area contributed by atoms with Crippen molar-refractivity contribution in [2.24, 2.45) is 0 Å². The quantitative estimate of drug-likeness (QED) is 0.863. The summed E-state index contributed by atoms with van der Waals surface area (Å²) in [4.78, 5) is 6.59. The van der Waals surface area contributed by atoms with Crippen LogP contribution in [0.4, 0.5) is 0 Å². The van der Waals surface area contributed by atoms with Crippen molar-refractivity contribution in [3.05, 3.63) is 30.1 Å². The second-order valence-corrected chi connectivity index (χ2v) is 5.39. The van der Waals surface area contributed by atoms with Crippen LogP contribution in [0.2, 0.25) is 0 Å². The van der Waals surface area contributed by atoms with Crippen LogP contribution in [0.5, 0.6) is 0 Å². The maximum absolute atomic E-state index is 4.06. The second kappa shape index (κ2) is 6.86. The first-order chi connectivity index (χ1) is 8.79. The summed E-state index contributed by atoms with van der Waals surface area (Å²) in [6, 6.07) is 5.70. The molecule has 18 heavy (non-hydrogen) atoms. The van der Waals surface area contributed by atoms with E-state index in [1.54, 1.807) is 0 Å². The van der Waals surface area contributed by atoms with E-state index in [1.807, 2.05) is 12.4 Å². The van der Waals surface area contributed by atoms with Crippen molar-refractivity contribution in [3.8, 4) is 0 Å². The maximum Gasteiger partial charge on any atom is 0.0270 e. The van der Waals surface area contributed by atoms with Crippen LogP contribution in [-0.2, 0) is 6.42 Å². The average Bonchev–Trinajstić information content (AvgIpc) is 2.46. The fraction of sp³-hybridized carbons (Fsp3) is 0.667. The third-order valence-electron chi connectivity index (χ3n) is 4.18. The van der Waals surface area contributed by atoms with Gasteiger partial charge in [0.1, 0.15) is 0 Å². The van der Waals surface area contributed by atoms with Crippen molar-refractivity contribution in [2.45, 2.75) is 44.2 Å². The summed E-state index contributed by atoms with van der Waals surface area (Å²) in [5, 5.41) is 3.43. The molecule has 0 aromatic carbocycles. The molecule has 3 heteroatoms. The first kappa shape index (κ1) is 13.5. The Labute approximate surface area is 111 Å². The molecule has 0 aliphatic heterocycles. The predicted molar refractivity (Wildman–Crippen MR) is 75.7 cm³/mol. The van der Waals surface area contributed by atoms with Gasteiger partial charge in [-0.05, 0) is 57.5 Å². The van der Waals surface area contributed by atoms with Crippen molar-refractivity contribution < 1.29 is 0 Å². The van der Waals surface area contributed by atoms with E-state index in [0.717, 1.165) is 19.0 Å². The van der Waals surface area contributed by atoms with E-state index in [4.69, 9.17) is 0 Å². The standard InChI is InChI=1S/C15H25N3/c1-16-14-4-3-5-15(12-14)18(2)11-8-13-6-9-17-10-7-13/h6-7,9-10,14-16H,3-5,8,11-12H2,1-2H3. The minimum atomic E-state index is 0.715. The molecular weight excluding hydrogens is 222 g/mol.